The van der Waals surface area contributed by atoms with Crippen LogP contribution in [0.1, 0.15) is 38.5 Å². The fourth-order valence-electron chi connectivity index (χ4n) is 2.92. The highest BCUT2D eigenvalue weighted by molar-refractivity contribution is 5.94. The van der Waals surface area contributed by atoms with Crippen LogP contribution in [0.15, 0.2) is 12.1 Å². The minimum Gasteiger partial charge on any atom is -0.454 e. The summed E-state index contributed by atoms with van der Waals surface area (Å²) in [5, 5.41) is 2.89. The fourth-order valence-corrected chi connectivity index (χ4v) is 2.92. The third-order valence-electron chi connectivity index (χ3n) is 4.02. The first-order valence-electron chi connectivity index (χ1n) is 7.21. The Balaban J connectivity index is 0.00000161. The van der Waals surface area contributed by atoms with Crippen molar-refractivity contribution in [2.24, 2.45) is 5.92 Å². The second kappa shape index (κ2) is 6.89. The van der Waals surface area contributed by atoms with E-state index >= 15 is 0 Å². The summed E-state index contributed by atoms with van der Waals surface area (Å²) in [5.74, 6) is 1.81. The lowest BCUT2D eigenvalue weighted by Gasteiger charge is -2.21. The molecule has 6 heteroatoms. The van der Waals surface area contributed by atoms with Crippen LogP contribution in [0.25, 0.3) is 0 Å². The molecule has 3 rings (SSSR count). The van der Waals surface area contributed by atoms with Gasteiger partial charge in [0.2, 0.25) is 12.7 Å². The molecule has 0 radical (unpaired) electrons. The van der Waals surface area contributed by atoms with E-state index in [-0.39, 0.29) is 25.1 Å². The number of nitrogens with two attached hydrogens (primary N) is 1. The Morgan fingerprint density at radius 2 is 1.86 bits per heavy atom. The number of nitrogen functional groups attached to an aromatic ring is 1. The van der Waals surface area contributed by atoms with Crippen LogP contribution in [0.4, 0.5) is 11.4 Å². The van der Waals surface area contributed by atoms with E-state index in [0.717, 1.165) is 12.8 Å². The molecular weight excluding hydrogens is 292 g/mol. The third-order valence-corrected chi connectivity index (χ3v) is 4.02. The SMILES string of the molecule is Cl.Nc1cc2c(cc1NC(=O)CC1CCCCC1)OCO2. The number of carbonyl (C=O) groups is 1. The highest BCUT2D eigenvalue weighted by Crippen LogP contribution is 2.38. The summed E-state index contributed by atoms with van der Waals surface area (Å²) in [6.45, 7) is 0.203. The summed E-state index contributed by atoms with van der Waals surface area (Å²) >= 11 is 0. The van der Waals surface area contributed by atoms with Gasteiger partial charge in [-0.05, 0) is 18.8 Å². The lowest BCUT2D eigenvalue weighted by molar-refractivity contribution is -0.117. The topological polar surface area (TPSA) is 73.6 Å². The largest absolute Gasteiger partial charge is 0.454 e. The molecule has 1 aromatic rings. The highest BCUT2D eigenvalue weighted by atomic mass is 35.5. The number of nitrogens with one attached hydrogen (secondary N) is 1. The lowest BCUT2D eigenvalue weighted by atomic mass is 9.87. The van der Waals surface area contributed by atoms with E-state index < -0.39 is 0 Å². The van der Waals surface area contributed by atoms with Crippen molar-refractivity contribution in [1.82, 2.24) is 0 Å². The molecule has 0 bridgehead atoms. The predicted octanol–water partition coefficient (Wildman–Crippen LogP) is 3.33. The van der Waals surface area contributed by atoms with Gasteiger partial charge in [0.25, 0.3) is 0 Å². The maximum Gasteiger partial charge on any atom is 0.231 e. The molecule has 0 aromatic heterocycles. The number of rotatable bonds is 3. The summed E-state index contributed by atoms with van der Waals surface area (Å²) in [7, 11) is 0. The molecule has 0 saturated heterocycles. The van der Waals surface area contributed by atoms with Crippen LogP contribution in [0.2, 0.25) is 0 Å². The van der Waals surface area contributed by atoms with E-state index in [1.165, 1.54) is 19.3 Å². The van der Waals surface area contributed by atoms with Crippen LogP contribution in [0, 0.1) is 5.92 Å². The van der Waals surface area contributed by atoms with E-state index in [1.54, 1.807) is 12.1 Å². The molecule has 116 valence electrons. The number of ether oxygens (including phenoxy) is 2. The first kappa shape index (κ1) is 15.8. The average molecular weight is 313 g/mol. The zero-order chi connectivity index (χ0) is 13.9. The maximum absolute atomic E-state index is 12.1. The first-order chi connectivity index (χ1) is 9.72. The Hall–Kier alpha value is -1.62. The van der Waals surface area contributed by atoms with Crippen LogP contribution in [-0.4, -0.2) is 12.7 Å². The number of anilines is 2. The monoisotopic (exact) mass is 312 g/mol. The Kier molecular flexibility index (Phi) is 5.17. The summed E-state index contributed by atoms with van der Waals surface area (Å²) < 4.78 is 10.5. The molecule has 1 amide bonds. The number of halogens is 1. The zero-order valence-electron chi connectivity index (χ0n) is 11.9. The van der Waals surface area contributed by atoms with E-state index in [1.807, 2.05) is 0 Å². The van der Waals surface area contributed by atoms with Gasteiger partial charge in [-0.2, -0.15) is 0 Å². The number of hydrogen-bond acceptors (Lipinski definition) is 4. The van der Waals surface area contributed by atoms with Crippen molar-refractivity contribution in [3.63, 3.8) is 0 Å². The quantitative estimate of drug-likeness (QED) is 0.840. The minimum atomic E-state index is 0. The van der Waals surface area contributed by atoms with Crippen molar-refractivity contribution < 1.29 is 14.3 Å². The fraction of sp³-hybridized carbons (Fsp3) is 0.533. The number of amides is 1. The van der Waals surface area contributed by atoms with Crippen LogP contribution in [-0.2, 0) is 4.79 Å². The Morgan fingerprint density at radius 3 is 2.57 bits per heavy atom. The van der Waals surface area contributed by atoms with Crippen molar-refractivity contribution in [2.75, 3.05) is 17.8 Å². The van der Waals surface area contributed by atoms with Crippen LogP contribution in [0.3, 0.4) is 0 Å². The van der Waals surface area contributed by atoms with Crippen LogP contribution >= 0.6 is 12.4 Å². The van der Waals surface area contributed by atoms with Crippen molar-refractivity contribution in [3.8, 4) is 11.5 Å². The molecular formula is C15H21ClN2O3. The summed E-state index contributed by atoms with van der Waals surface area (Å²) in [6, 6.07) is 3.43. The molecule has 3 N–H and O–H groups in total. The molecule has 1 heterocycles. The van der Waals surface area contributed by atoms with Gasteiger partial charge in [-0.15, -0.1) is 12.4 Å². The van der Waals surface area contributed by atoms with Crippen LogP contribution in [0.5, 0.6) is 11.5 Å². The summed E-state index contributed by atoms with van der Waals surface area (Å²) in [4.78, 5) is 12.1. The van der Waals surface area contributed by atoms with Gasteiger partial charge in [0.05, 0.1) is 11.4 Å². The summed E-state index contributed by atoms with van der Waals surface area (Å²) in [5.41, 5.74) is 7.04. The predicted molar refractivity (Wildman–Crippen MR) is 84.0 cm³/mol. The van der Waals surface area contributed by atoms with E-state index in [0.29, 0.717) is 35.2 Å². The standard InChI is InChI=1S/C15H20N2O3.ClH/c16-11-7-13-14(20-9-19-13)8-12(11)17-15(18)6-10-4-2-1-3-5-10;/h7-8,10H,1-6,9,16H2,(H,17,18);1H. The molecule has 2 aliphatic rings. The molecule has 1 saturated carbocycles. The van der Waals surface area contributed by atoms with E-state index in [9.17, 15) is 4.79 Å². The van der Waals surface area contributed by atoms with Gasteiger partial charge in [0.15, 0.2) is 11.5 Å². The number of hydrogen-bond donors (Lipinski definition) is 2. The molecule has 1 aliphatic carbocycles. The van der Waals surface area contributed by atoms with Gasteiger partial charge in [-0.3, -0.25) is 4.79 Å². The molecule has 0 atom stereocenters. The highest BCUT2D eigenvalue weighted by Gasteiger charge is 2.20. The number of carbonyl (C=O) groups excluding carboxylic acids is 1. The molecule has 0 spiro atoms. The number of benzene rings is 1. The molecule has 0 unspecified atom stereocenters. The van der Waals surface area contributed by atoms with E-state index in [4.69, 9.17) is 15.2 Å². The van der Waals surface area contributed by atoms with Crippen molar-refractivity contribution in [2.45, 2.75) is 38.5 Å². The van der Waals surface area contributed by atoms with E-state index in [2.05, 4.69) is 5.32 Å². The number of fused-ring (bicyclic) bond motifs is 1. The molecule has 1 aliphatic heterocycles. The molecule has 1 fully saturated rings. The Morgan fingerprint density at radius 1 is 1.19 bits per heavy atom. The van der Waals surface area contributed by atoms with Crippen molar-refractivity contribution >= 4 is 29.7 Å². The second-order valence-corrected chi connectivity index (χ2v) is 5.55. The van der Waals surface area contributed by atoms with Gasteiger partial charge in [-0.25, -0.2) is 0 Å². The van der Waals surface area contributed by atoms with Crippen molar-refractivity contribution in [1.29, 1.82) is 0 Å². The van der Waals surface area contributed by atoms with Gasteiger partial charge >= 0.3 is 0 Å². The molecule has 5 nitrogen and oxygen atoms in total. The Bertz CT molecular complexity index is 516. The molecule has 21 heavy (non-hydrogen) atoms. The maximum atomic E-state index is 12.1. The first-order valence-corrected chi connectivity index (χ1v) is 7.21. The Labute approximate surface area is 130 Å². The normalized spacial score (nSPS) is 17.1. The van der Waals surface area contributed by atoms with Gasteiger partial charge in [0.1, 0.15) is 0 Å². The van der Waals surface area contributed by atoms with Gasteiger partial charge in [-0.1, -0.05) is 19.3 Å². The van der Waals surface area contributed by atoms with Gasteiger partial charge in [0, 0.05) is 18.6 Å². The van der Waals surface area contributed by atoms with Crippen molar-refractivity contribution in [3.05, 3.63) is 12.1 Å². The van der Waals surface area contributed by atoms with Crippen LogP contribution < -0.4 is 20.5 Å². The zero-order valence-corrected chi connectivity index (χ0v) is 12.7. The third kappa shape index (κ3) is 3.73. The summed E-state index contributed by atoms with van der Waals surface area (Å²) in [6.07, 6.45) is 6.67. The minimum absolute atomic E-state index is 0. The average Bonchev–Trinajstić information content (AvgIpc) is 2.87. The van der Waals surface area contributed by atoms with Gasteiger partial charge < -0.3 is 20.5 Å². The smallest absolute Gasteiger partial charge is 0.231 e. The lowest BCUT2D eigenvalue weighted by Crippen LogP contribution is -2.18. The molecule has 1 aromatic carbocycles. The second-order valence-electron chi connectivity index (χ2n) is 5.55.